The smallest absolute Gasteiger partial charge is 0.325 e. The van der Waals surface area contributed by atoms with Gasteiger partial charge in [-0.05, 0) is 24.0 Å². The highest BCUT2D eigenvalue weighted by molar-refractivity contribution is 6.04. The lowest BCUT2D eigenvalue weighted by molar-refractivity contribution is -0.128. The first kappa shape index (κ1) is 18.6. The maximum absolute atomic E-state index is 12.4. The monoisotopic (exact) mass is 369 g/mol. The number of para-hydroxylation sites is 1. The molecule has 1 atom stereocenters. The second-order valence-corrected chi connectivity index (χ2v) is 6.66. The lowest BCUT2D eigenvalue weighted by Gasteiger charge is -2.15. The summed E-state index contributed by atoms with van der Waals surface area (Å²) in [6.07, 6.45) is 0.843. The van der Waals surface area contributed by atoms with Crippen LogP contribution in [0.2, 0.25) is 0 Å². The Kier molecular flexibility index (Phi) is 5.20. The molecule has 3 amide bonds. The molecule has 0 saturated carbocycles. The standard InChI is InChI=1S/C18H23N7O2/c1-4-11-7-5-6-8-12(11)20-17-22-13(21-16(19)24-17)9-25-15(26)14(10(2)3)23-18(25)27/h5-8,10,14H,4,9H2,1-3H3,(H,23,27)(H3,19,20,21,22,24). The van der Waals surface area contributed by atoms with Crippen molar-refractivity contribution in [1.82, 2.24) is 25.2 Å². The number of amides is 3. The number of carbonyl (C=O) groups is 2. The molecule has 9 heteroatoms. The lowest BCUT2D eigenvalue weighted by atomic mass is 10.1. The van der Waals surface area contributed by atoms with E-state index in [1.54, 1.807) is 0 Å². The van der Waals surface area contributed by atoms with E-state index < -0.39 is 12.1 Å². The van der Waals surface area contributed by atoms with E-state index in [-0.39, 0.29) is 36.1 Å². The quantitative estimate of drug-likeness (QED) is 0.663. The molecule has 9 nitrogen and oxygen atoms in total. The molecule has 1 aliphatic rings. The number of benzene rings is 1. The maximum Gasteiger partial charge on any atom is 0.325 e. The molecule has 1 aromatic heterocycles. The predicted octanol–water partition coefficient (Wildman–Crippen LogP) is 1.84. The minimum Gasteiger partial charge on any atom is -0.368 e. The molecule has 27 heavy (non-hydrogen) atoms. The van der Waals surface area contributed by atoms with Crippen LogP contribution in [-0.2, 0) is 17.8 Å². The van der Waals surface area contributed by atoms with Gasteiger partial charge in [-0.1, -0.05) is 39.0 Å². The molecule has 1 saturated heterocycles. The van der Waals surface area contributed by atoms with Gasteiger partial charge in [-0.15, -0.1) is 0 Å². The van der Waals surface area contributed by atoms with Crippen molar-refractivity contribution in [2.45, 2.75) is 39.8 Å². The first-order valence-electron chi connectivity index (χ1n) is 8.86. The third-order valence-corrected chi connectivity index (χ3v) is 4.37. The molecular formula is C18H23N7O2. The molecule has 1 unspecified atom stereocenters. The molecule has 142 valence electrons. The van der Waals surface area contributed by atoms with E-state index in [0.717, 1.165) is 22.6 Å². The molecule has 0 bridgehead atoms. The number of aromatic nitrogens is 3. The average Bonchev–Trinajstić information content (AvgIpc) is 2.90. The van der Waals surface area contributed by atoms with Gasteiger partial charge in [0.05, 0.1) is 6.54 Å². The minimum absolute atomic E-state index is 0.00218. The van der Waals surface area contributed by atoms with E-state index in [1.807, 2.05) is 38.1 Å². The van der Waals surface area contributed by atoms with Crippen molar-refractivity contribution in [1.29, 1.82) is 0 Å². The van der Waals surface area contributed by atoms with Gasteiger partial charge in [-0.2, -0.15) is 15.0 Å². The van der Waals surface area contributed by atoms with Crippen LogP contribution in [-0.4, -0.2) is 37.8 Å². The first-order valence-corrected chi connectivity index (χ1v) is 8.86. The fourth-order valence-electron chi connectivity index (χ4n) is 2.92. The zero-order chi connectivity index (χ0) is 19.6. The number of nitrogens with zero attached hydrogens (tertiary/aromatic N) is 4. The molecule has 1 aliphatic heterocycles. The molecule has 0 spiro atoms. The Labute approximate surface area is 157 Å². The van der Waals surface area contributed by atoms with Crippen molar-refractivity contribution in [2.24, 2.45) is 5.92 Å². The summed E-state index contributed by atoms with van der Waals surface area (Å²) >= 11 is 0. The van der Waals surface area contributed by atoms with Crippen molar-refractivity contribution in [2.75, 3.05) is 11.1 Å². The third kappa shape index (κ3) is 3.97. The Hall–Kier alpha value is -3.23. The zero-order valence-corrected chi connectivity index (χ0v) is 15.6. The van der Waals surface area contributed by atoms with Crippen LogP contribution < -0.4 is 16.4 Å². The molecule has 2 aromatic rings. The summed E-state index contributed by atoms with van der Waals surface area (Å²) in [4.78, 5) is 38.1. The highest BCUT2D eigenvalue weighted by atomic mass is 16.2. The number of urea groups is 1. The van der Waals surface area contributed by atoms with Crippen LogP contribution in [0, 0.1) is 5.92 Å². The van der Waals surface area contributed by atoms with Gasteiger partial charge >= 0.3 is 6.03 Å². The largest absolute Gasteiger partial charge is 0.368 e. The van der Waals surface area contributed by atoms with Gasteiger partial charge < -0.3 is 16.4 Å². The van der Waals surface area contributed by atoms with Crippen LogP contribution in [0.5, 0.6) is 0 Å². The van der Waals surface area contributed by atoms with E-state index >= 15 is 0 Å². The van der Waals surface area contributed by atoms with Crippen LogP contribution in [0.25, 0.3) is 0 Å². The van der Waals surface area contributed by atoms with Crippen molar-refractivity contribution in [3.63, 3.8) is 0 Å². The summed E-state index contributed by atoms with van der Waals surface area (Å²) in [6, 6.07) is 6.80. The van der Waals surface area contributed by atoms with E-state index in [1.165, 1.54) is 0 Å². The molecular weight excluding hydrogens is 346 g/mol. The van der Waals surface area contributed by atoms with Gasteiger partial charge in [0.2, 0.25) is 11.9 Å². The summed E-state index contributed by atoms with van der Waals surface area (Å²) < 4.78 is 0. The Morgan fingerprint density at radius 3 is 2.63 bits per heavy atom. The van der Waals surface area contributed by atoms with Gasteiger partial charge in [0.25, 0.3) is 5.91 Å². The van der Waals surface area contributed by atoms with Crippen LogP contribution in [0.15, 0.2) is 24.3 Å². The van der Waals surface area contributed by atoms with Crippen LogP contribution >= 0.6 is 0 Å². The Morgan fingerprint density at radius 2 is 1.96 bits per heavy atom. The summed E-state index contributed by atoms with van der Waals surface area (Å²) in [5.41, 5.74) is 7.77. The number of carbonyl (C=O) groups excluding carboxylic acids is 2. The summed E-state index contributed by atoms with van der Waals surface area (Å²) in [7, 11) is 0. The van der Waals surface area contributed by atoms with Crippen molar-refractivity contribution >= 4 is 29.5 Å². The van der Waals surface area contributed by atoms with Gasteiger partial charge in [0.15, 0.2) is 5.82 Å². The normalized spacial score (nSPS) is 16.7. The number of anilines is 3. The van der Waals surface area contributed by atoms with Gasteiger partial charge in [-0.3, -0.25) is 9.69 Å². The van der Waals surface area contributed by atoms with E-state index in [2.05, 4.69) is 32.5 Å². The van der Waals surface area contributed by atoms with Crippen LogP contribution in [0.4, 0.5) is 22.4 Å². The Balaban J connectivity index is 1.82. The summed E-state index contributed by atoms with van der Waals surface area (Å²) in [6.45, 7) is 5.74. The molecule has 4 N–H and O–H groups in total. The first-order chi connectivity index (χ1) is 12.9. The number of rotatable bonds is 6. The van der Waals surface area contributed by atoms with Gasteiger partial charge in [0, 0.05) is 5.69 Å². The maximum atomic E-state index is 12.4. The third-order valence-electron chi connectivity index (χ3n) is 4.37. The Bertz CT molecular complexity index is 869. The number of imide groups is 1. The highest BCUT2D eigenvalue weighted by Gasteiger charge is 2.39. The van der Waals surface area contributed by atoms with Crippen molar-refractivity contribution in [3.8, 4) is 0 Å². The van der Waals surface area contributed by atoms with E-state index in [0.29, 0.717) is 0 Å². The molecule has 3 rings (SSSR count). The number of hydrogen-bond donors (Lipinski definition) is 3. The summed E-state index contributed by atoms with van der Waals surface area (Å²) in [5.74, 6) is 0.235. The Morgan fingerprint density at radius 1 is 1.22 bits per heavy atom. The van der Waals surface area contributed by atoms with Crippen molar-refractivity contribution in [3.05, 3.63) is 35.7 Å². The average molecular weight is 369 g/mol. The lowest BCUT2D eigenvalue weighted by Crippen LogP contribution is -2.34. The molecule has 0 radical (unpaired) electrons. The number of nitrogens with two attached hydrogens (primary N) is 1. The van der Waals surface area contributed by atoms with Crippen LogP contribution in [0.3, 0.4) is 0 Å². The minimum atomic E-state index is -0.536. The van der Waals surface area contributed by atoms with E-state index in [9.17, 15) is 9.59 Å². The number of nitrogen functional groups attached to an aromatic ring is 1. The van der Waals surface area contributed by atoms with E-state index in [4.69, 9.17) is 5.73 Å². The molecule has 0 aliphatic carbocycles. The SMILES string of the molecule is CCc1ccccc1Nc1nc(N)nc(CN2C(=O)NC(C(C)C)C2=O)n1. The fraction of sp³-hybridized carbons (Fsp3) is 0.389. The number of nitrogens with one attached hydrogen (secondary N) is 2. The van der Waals surface area contributed by atoms with Crippen molar-refractivity contribution < 1.29 is 9.59 Å². The summed E-state index contributed by atoms with van der Waals surface area (Å²) in [5, 5.41) is 5.81. The van der Waals surface area contributed by atoms with Gasteiger partial charge in [-0.25, -0.2) is 4.79 Å². The molecule has 2 heterocycles. The number of aryl methyl sites for hydroxylation is 1. The van der Waals surface area contributed by atoms with Crippen LogP contribution in [0.1, 0.15) is 32.2 Å². The topological polar surface area (TPSA) is 126 Å². The fourth-order valence-corrected chi connectivity index (χ4v) is 2.92. The number of hydrogen-bond acceptors (Lipinski definition) is 7. The molecule has 1 aromatic carbocycles. The predicted molar refractivity (Wildman–Crippen MR) is 101 cm³/mol. The highest BCUT2D eigenvalue weighted by Crippen LogP contribution is 2.20. The zero-order valence-electron chi connectivity index (χ0n) is 15.6. The second-order valence-electron chi connectivity index (χ2n) is 6.66. The second kappa shape index (κ2) is 7.56. The molecule has 1 fully saturated rings. The van der Waals surface area contributed by atoms with Gasteiger partial charge in [0.1, 0.15) is 6.04 Å².